The molecule has 0 bridgehead atoms. The molecule has 1 fully saturated rings. The number of hydrogen-bond acceptors (Lipinski definition) is 6. The summed E-state index contributed by atoms with van der Waals surface area (Å²) >= 11 is 0. The van der Waals surface area contributed by atoms with E-state index in [-0.39, 0.29) is 35.4 Å². The van der Waals surface area contributed by atoms with Crippen molar-refractivity contribution in [1.29, 1.82) is 0 Å². The molecule has 2 heterocycles. The van der Waals surface area contributed by atoms with Crippen molar-refractivity contribution in [2.24, 2.45) is 5.73 Å². The highest BCUT2D eigenvalue weighted by molar-refractivity contribution is 6.47. The number of nitrogens with two attached hydrogens (primary N) is 1. The molecule has 0 radical (unpaired) electrons. The third kappa shape index (κ3) is 3.61. The fourth-order valence-electron chi connectivity index (χ4n) is 3.44. The summed E-state index contributed by atoms with van der Waals surface area (Å²) in [6.07, 6.45) is 1.51. The van der Waals surface area contributed by atoms with E-state index in [2.05, 4.69) is 0 Å². The van der Waals surface area contributed by atoms with Crippen LogP contribution in [-0.2, 0) is 11.2 Å². The molecule has 1 aromatic carbocycles. The van der Waals surface area contributed by atoms with Crippen molar-refractivity contribution in [2.75, 3.05) is 19.6 Å². The summed E-state index contributed by atoms with van der Waals surface area (Å²) in [5, 5.41) is 19.4. The summed E-state index contributed by atoms with van der Waals surface area (Å²) in [5.74, 6) is -1.23. The number of aromatic carboxylic acids is 1. The van der Waals surface area contributed by atoms with Crippen molar-refractivity contribution < 1.29 is 24.4 Å². The fraction of sp³-hybridized carbons (Fsp3) is 0.500. The summed E-state index contributed by atoms with van der Waals surface area (Å²) in [4.78, 5) is 25.5. The third-order valence-electron chi connectivity index (χ3n) is 4.65. The Labute approximate surface area is 140 Å². The minimum atomic E-state index is -1.18. The first kappa shape index (κ1) is 16.9. The van der Waals surface area contributed by atoms with Crippen LogP contribution in [0, 0.1) is 0 Å². The number of benzene rings is 1. The first-order valence-corrected chi connectivity index (χ1v) is 8.13. The lowest BCUT2D eigenvalue weighted by atomic mass is 9.64. The van der Waals surface area contributed by atoms with Crippen LogP contribution < -0.4 is 10.4 Å². The third-order valence-corrected chi connectivity index (χ3v) is 4.65. The highest BCUT2D eigenvalue weighted by Crippen LogP contribution is 2.36. The number of carboxylic acids is 1. The van der Waals surface area contributed by atoms with Gasteiger partial charge in [0.05, 0.1) is 12.1 Å². The molecule has 3 rings (SSSR count). The van der Waals surface area contributed by atoms with E-state index in [0.717, 1.165) is 19.5 Å². The lowest BCUT2D eigenvalue weighted by Crippen LogP contribution is -2.38. The average molecular weight is 332 g/mol. The summed E-state index contributed by atoms with van der Waals surface area (Å²) in [6.45, 7) is 1.88. The van der Waals surface area contributed by atoms with E-state index in [1.54, 1.807) is 12.1 Å². The molecular formula is C16H21BN2O5. The number of carbonyl (C=O) groups is 2. The van der Waals surface area contributed by atoms with E-state index in [1.807, 2.05) is 4.90 Å². The van der Waals surface area contributed by atoms with Gasteiger partial charge in [0, 0.05) is 31.4 Å². The number of ketones is 1. The van der Waals surface area contributed by atoms with Gasteiger partial charge >= 0.3 is 13.1 Å². The molecule has 0 spiro atoms. The van der Waals surface area contributed by atoms with Gasteiger partial charge in [-0.15, -0.1) is 0 Å². The van der Waals surface area contributed by atoms with E-state index in [0.29, 0.717) is 18.5 Å². The van der Waals surface area contributed by atoms with Crippen molar-refractivity contribution in [3.8, 4) is 5.75 Å². The zero-order chi connectivity index (χ0) is 17.3. The van der Waals surface area contributed by atoms with Crippen molar-refractivity contribution in [1.82, 2.24) is 4.90 Å². The molecule has 128 valence electrons. The number of para-hydroxylation sites is 1. The SMILES string of the molecule is N[C@@H]1CCN(CC(=O)C[C@H]2Cc3cccc(C(=O)O)c3OB2O)C1. The maximum atomic E-state index is 12.3. The summed E-state index contributed by atoms with van der Waals surface area (Å²) in [5.41, 5.74) is 6.58. The Morgan fingerprint density at radius 1 is 1.42 bits per heavy atom. The van der Waals surface area contributed by atoms with E-state index in [4.69, 9.17) is 10.4 Å². The molecule has 1 aromatic rings. The molecule has 0 unspecified atom stereocenters. The minimum absolute atomic E-state index is 0.0300. The fourth-order valence-corrected chi connectivity index (χ4v) is 3.44. The van der Waals surface area contributed by atoms with Gasteiger partial charge in [0.15, 0.2) is 0 Å². The van der Waals surface area contributed by atoms with E-state index >= 15 is 0 Å². The van der Waals surface area contributed by atoms with Crippen LogP contribution in [-0.4, -0.2) is 59.6 Å². The van der Waals surface area contributed by atoms with Crippen LogP contribution in [0.3, 0.4) is 0 Å². The number of likely N-dealkylation sites (tertiary alicyclic amines) is 1. The molecular weight excluding hydrogens is 311 g/mol. The Hall–Kier alpha value is -1.90. The van der Waals surface area contributed by atoms with Crippen LogP contribution >= 0.6 is 0 Å². The van der Waals surface area contributed by atoms with E-state index < -0.39 is 13.1 Å². The lowest BCUT2D eigenvalue weighted by Gasteiger charge is -2.28. The molecule has 4 N–H and O–H groups in total. The molecule has 0 amide bonds. The van der Waals surface area contributed by atoms with Crippen LogP contribution in [0.4, 0.5) is 0 Å². The normalized spacial score (nSPS) is 23.7. The number of carbonyl (C=O) groups excluding carboxylic acids is 1. The number of rotatable bonds is 5. The maximum Gasteiger partial charge on any atom is 0.526 e. The maximum absolute atomic E-state index is 12.3. The first-order chi connectivity index (χ1) is 11.4. The van der Waals surface area contributed by atoms with Crippen LogP contribution in [0.2, 0.25) is 5.82 Å². The van der Waals surface area contributed by atoms with Gasteiger partial charge in [0.25, 0.3) is 0 Å². The molecule has 7 nitrogen and oxygen atoms in total. The van der Waals surface area contributed by atoms with Gasteiger partial charge in [-0.3, -0.25) is 9.69 Å². The lowest BCUT2D eigenvalue weighted by molar-refractivity contribution is -0.120. The number of fused-ring (bicyclic) bond motifs is 1. The Kier molecular flexibility index (Phi) is 4.89. The monoisotopic (exact) mass is 332 g/mol. The predicted molar refractivity (Wildman–Crippen MR) is 88.1 cm³/mol. The van der Waals surface area contributed by atoms with Crippen LogP contribution in [0.25, 0.3) is 0 Å². The second-order valence-corrected chi connectivity index (χ2v) is 6.60. The molecule has 2 aliphatic rings. The number of hydrogen-bond donors (Lipinski definition) is 3. The number of carboxylic acid groups (broad SMARTS) is 1. The highest BCUT2D eigenvalue weighted by Gasteiger charge is 2.38. The summed E-state index contributed by atoms with van der Waals surface area (Å²) in [6, 6.07) is 4.98. The number of Topliss-reactive ketones (excluding diaryl/α,β-unsaturated/α-hetero) is 1. The Balaban J connectivity index is 1.65. The second kappa shape index (κ2) is 6.92. The first-order valence-electron chi connectivity index (χ1n) is 8.13. The van der Waals surface area contributed by atoms with Crippen LogP contribution in [0.1, 0.15) is 28.8 Å². The smallest absolute Gasteiger partial charge is 0.526 e. The average Bonchev–Trinajstić information content (AvgIpc) is 2.92. The molecule has 2 atom stereocenters. The van der Waals surface area contributed by atoms with Gasteiger partial charge < -0.3 is 20.5 Å². The van der Waals surface area contributed by atoms with Crippen LogP contribution in [0.5, 0.6) is 5.75 Å². The van der Waals surface area contributed by atoms with Crippen molar-refractivity contribution >= 4 is 18.9 Å². The van der Waals surface area contributed by atoms with Gasteiger partial charge in [-0.1, -0.05) is 12.1 Å². The van der Waals surface area contributed by atoms with Gasteiger partial charge in [-0.05, 0) is 24.5 Å². The molecule has 8 heteroatoms. The number of nitrogens with zero attached hydrogens (tertiary/aromatic N) is 1. The summed E-state index contributed by atoms with van der Waals surface area (Å²) in [7, 11) is -1.18. The van der Waals surface area contributed by atoms with Crippen molar-refractivity contribution in [3.63, 3.8) is 0 Å². The predicted octanol–water partition coefficient (Wildman–Crippen LogP) is 0.163. The quantitative estimate of drug-likeness (QED) is 0.658. The Morgan fingerprint density at radius 2 is 2.21 bits per heavy atom. The van der Waals surface area contributed by atoms with Gasteiger partial charge in [-0.25, -0.2) is 4.79 Å². The standard InChI is InChI=1S/C16H21BN2O5/c18-12-4-5-19(8-12)9-13(20)7-11-6-10-2-1-3-14(16(21)22)15(10)24-17(11)23/h1-3,11-12,23H,4-9,18H2,(H,21,22)/t11-,12-/m1/s1. The largest absolute Gasteiger partial charge is 0.535 e. The Bertz CT molecular complexity index is 653. The van der Waals surface area contributed by atoms with Crippen LogP contribution in [0.15, 0.2) is 18.2 Å². The van der Waals surface area contributed by atoms with Crippen molar-refractivity contribution in [3.05, 3.63) is 29.3 Å². The van der Waals surface area contributed by atoms with Gasteiger partial charge in [-0.2, -0.15) is 0 Å². The van der Waals surface area contributed by atoms with Gasteiger partial charge in [0.1, 0.15) is 11.5 Å². The van der Waals surface area contributed by atoms with Crippen molar-refractivity contribution in [2.45, 2.75) is 31.1 Å². The molecule has 0 saturated carbocycles. The zero-order valence-corrected chi connectivity index (χ0v) is 13.4. The van der Waals surface area contributed by atoms with Gasteiger partial charge in [0.2, 0.25) is 0 Å². The minimum Gasteiger partial charge on any atom is -0.535 e. The second-order valence-electron chi connectivity index (χ2n) is 6.60. The topological polar surface area (TPSA) is 113 Å². The van der Waals surface area contributed by atoms with E-state index in [1.165, 1.54) is 6.07 Å². The molecule has 0 aliphatic carbocycles. The molecule has 1 saturated heterocycles. The zero-order valence-electron chi connectivity index (χ0n) is 13.4. The Morgan fingerprint density at radius 3 is 2.88 bits per heavy atom. The summed E-state index contributed by atoms with van der Waals surface area (Å²) < 4.78 is 5.41. The molecule has 2 aliphatic heterocycles. The molecule has 24 heavy (non-hydrogen) atoms. The van der Waals surface area contributed by atoms with E-state index in [9.17, 15) is 19.7 Å². The molecule has 0 aromatic heterocycles. The highest BCUT2D eigenvalue weighted by atomic mass is 16.5.